The molecule has 60 heavy (non-hydrogen) atoms. The Hall–Kier alpha value is -6.83. The van der Waals surface area contributed by atoms with E-state index in [1.165, 1.54) is 6.92 Å². The first-order valence-electron chi connectivity index (χ1n) is 19.2. The number of nitrogens with one attached hydrogen (secondary N) is 2. The maximum atomic E-state index is 13.3. The highest BCUT2D eigenvalue weighted by atomic mass is 16.6. The number of carbonyl (C=O) groups is 5. The maximum absolute atomic E-state index is 13.3. The van der Waals surface area contributed by atoms with E-state index in [9.17, 15) is 24.0 Å². The van der Waals surface area contributed by atoms with Crippen molar-refractivity contribution < 1.29 is 52.4 Å². The number of ether oxygens (including phenoxy) is 6. The molecule has 1 aliphatic rings. The van der Waals surface area contributed by atoms with Crippen LogP contribution in [0.15, 0.2) is 60.7 Å². The lowest BCUT2D eigenvalue weighted by Gasteiger charge is -2.46. The Kier molecular flexibility index (Phi) is 18.7. The summed E-state index contributed by atoms with van der Waals surface area (Å²) in [4.78, 5) is 62.0. The maximum Gasteiger partial charge on any atom is 0.407 e. The molecule has 0 heterocycles. The Morgan fingerprint density at radius 1 is 0.733 bits per heavy atom. The van der Waals surface area contributed by atoms with Gasteiger partial charge in [0, 0.05) is 30.6 Å². The first kappa shape index (κ1) is 47.5. The zero-order chi connectivity index (χ0) is 44.1. The second kappa shape index (κ2) is 23.5. The molecule has 2 N–H and O–H groups in total. The van der Waals surface area contributed by atoms with Crippen LogP contribution in [-0.2, 0) is 33.3 Å². The summed E-state index contributed by atoms with van der Waals surface area (Å²) >= 11 is 0. The van der Waals surface area contributed by atoms with Gasteiger partial charge >= 0.3 is 24.1 Å². The fraction of sp³-hybridized carbons (Fsp3) is 0.426. The lowest BCUT2D eigenvalue weighted by molar-refractivity contribution is -0.155. The Balaban J connectivity index is 1.61. The van der Waals surface area contributed by atoms with E-state index in [2.05, 4.69) is 78.4 Å². The fourth-order valence-corrected chi connectivity index (χ4v) is 6.43. The average Bonchev–Trinajstić information content (AvgIpc) is 3.18. The van der Waals surface area contributed by atoms with Gasteiger partial charge in [-0.1, -0.05) is 56.9 Å². The molecule has 0 aliphatic heterocycles. The second-order valence-electron chi connectivity index (χ2n) is 15.4. The molecule has 1 fully saturated rings. The summed E-state index contributed by atoms with van der Waals surface area (Å²) in [7, 11) is 0. The zero-order valence-corrected chi connectivity index (χ0v) is 35.2. The predicted octanol–water partition coefficient (Wildman–Crippen LogP) is 5.86. The van der Waals surface area contributed by atoms with E-state index in [1.807, 2.05) is 26.0 Å². The van der Waals surface area contributed by atoms with E-state index in [4.69, 9.17) is 28.4 Å². The van der Waals surface area contributed by atoms with E-state index < -0.39 is 54.1 Å². The van der Waals surface area contributed by atoms with E-state index >= 15 is 0 Å². The van der Waals surface area contributed by atoms with Crippen molar-refractivity contribution >= 4 is 29.9 Å². The Labute approximate surface area is 352 Å². The van der Waals surface area contributed by atoms with Crippen LogP contribution in [-0.4, -0.2) is 81.1 Å². The van der Waals surface area contributed by atoms with Crippen LogP contribution in [0.5, 0.6) is 11.5 Å². The normalized spacial score (nSPS) is 16.8. The number of carbonyl (C=O) groups excluding carboxylic acids is 5. The summed E-state index contributed by atoms with van der Waals surface area (Å²) in [6.45, 7) is 15.2. The number of amides is 2. The molecule has 2 aromatic rings. The van der Waals surface area contributed by atoms with E-state index in [0.717, 1.165) is 12.5 Å². The molecule has 13 nitrogen and oxygen atoms in total. The molecular weight excluding hydrogens is 769 g/mol. The van der Waals surface area contributed by atoms with E-state index in [-0.39, 0.29) is 43.4 Å². The molecule has 2 aromatic carbocycles. The summed E-state index contributed by atoms with van der Waals surface area (Å²) in [5.41, 5.74) is 1.19. The lowest BCUT2D eigenvalue weighted by Crippen LogP contribution is -2.51. The van der Waals surface area contributed by atoms with Crippen molar-refractivity contribution in [2.45, 2.75) is 86.0 Å². The van der Waals surface area contributed by atoms with Gasteiger partial charge in [-0.15, -0.1) is 0 Å². The number of hydrogen-bond acceptors (Lipinski definition) is 11. The van der Waals surface area contributed by atoms with Gasteiger partial charge in [0.05, 0.1) is 0 Å². The minimum absolute atomic E-state index is 0.0665. The monoisotopic (exact) mass is 820 g/mol. The SMILES string of the molecule is C=C(C)C(=O)OCC(COc1ccc(C)cc1)OC(=O)NCC1(C)CC(NC(=O)OC(COC(=O)C(C)=O)COc2ccc(C#CC#CC#CC#CC)cc2)CC(C)(C)C1. The summed E-state index contributed by atoms with van der Waals surface area (Å²) in [5, 5.41) is 5.77. The summed E-state index contributed by atoms with van der Waals surface area (Å²) in [5.74, 6) is 19.7. The van der Waals surface area contributed by atoms with Gasteiger partial charge in [0.15, 0.2) is 12.2 Å². The van der Waals surface area contributed by atoms with Gasteiger partial charge in [-0.2, -0.15) is 0 Å². The van der Waals surface area contributed by atoms with Crippen molar-refractivity contribution in [2.24, 2.45) is 10.8 Å². The van der Waals surface area contributed by atoms with Crippen LogP contribution in [0.25, 0.3) is 0 Å². The number of alkyl carbamates (subject to hydrolysis) is 2. The predicted molar refractivity (Wildman–Crippen MR) is 223 cm³/mol. The third kappa shape index (κ3) is 18.2. The van der Waals surface area contributed by atoms with Crippen molar-refractivity contribution in [1.29, 1.82) is 0 Å². The molecule has 1 aliphatic carbocycles. The van der Waals surface area contributed by atoms with Crippen LogP contribution < -0.4 is 20.1 Å². The molecular formula is C47H52N2O11. The number of Topliss-reactive ketones (excluding diaryl/α,β-unsaturated/α-hetero) is 1. The molecule has 1 saturated carbocycles. The van der Waals surface area contributed by atoms with Crippen molar-refractivity contribution in [3.8, 4) is 58.9 Å². The van der Waals surface area contributed by atoms with Gasteiger partial charge in [-0.25, -0.2) is 19.2 Å². The molecule has 13 heteroatoms. The van der Waals surface area contributed by atoms with Crippen LogP contribution in [0.2, 0.25) is 0 Å². The second-order valence-corrected chi connectivity index (χ2v) is 15.4. The van der Waals surface area contributed by atoms with Crippen molar-refractivity contribution in [3.05, 3.63) is 71.8 Å². The first-order valence-corrected chi connectivity index (χ1v) is 19.2. The van der Waals surface area contributed by atoms with Gasteiger partial charge in [0.25, 0.3) is 0 Å². The van der Waals surface area contributed by atoms with Gasteiger partial charge < -0.3 is 39.1 Å². The van der Waals surface area contributed by atoms with Gasteiger partial charge in [0.1, 0.15) is 37.9 Å². The molecule has 4 unspecified atom stereocenters. The Bertz CT molecular complexity index is 2110. The Morgan fingerprint density at radius 2 is 1.27 bits per heavy atom. The standard InChI is InChI=1S/C47H52N2O11/c1-9-10-11-12-13-14-15-16-36-19-23-39(24-20-36)56-28-41(30-58-43(52)35(5)50)60-45(54)49-37-25-46(6,7)31-47(8,26-37)32-48-44(53)59-40(29-57-42(51)33(2)3)27-55-38-21-17-34(4)18-22-38/h17-24,37,40-41H,2,25-32H2,1,3-8H3,(H,48,53)(H,49,54). The number of ketones is 1. The number of hydrogen-bond donors (Lipinski definition) is 2. The van der Waals surface area contributed by atoms with Crippen LogP contribution in [0, 0.1) is 65.1 Å². The van der Waals surface area contributed by atoms with Gasteiger partial charge in [-0.05, 0) is 123 Å². The average molecular weight is 821 g/mol. The minimum atomic E-state index is -1.08. The quantitative estimate of drug-likeness (QED) is 0.0646. The lowest BCUT2D eigenvalue weighted by atomic mass is 9.62. The smallest absolute Gasteiger partial charge is 0.407 e. The largest absolute Gasteiger partial charge is 0.490 e. The van der Waals surface area contributed by atoms with E-state index in [0.29, 0.717) is 36.3 Å². The molecule has 0 radical (unpaired) electrons. The van der Waals surface area contributed by atoms with Crippen LogP contribution in [0.1, 0.15) is 71.9 Å². The highest BCUT2D eigenvalue weighted by molar-refractivity contribution is 6.32. The molecule has 0 saturated heterocycles. The summed E-state index contributed by atoms with van der Waals surface area (Å²) in [6.07, 6.45) is -1.70. The topological polar surface area (TPSA) is 165 Å². The van der Waals surface area contributed by atoms with Crippen molar-refractivity contribution in [1.82, 2.24) is 10.6 Å². The Morgan fingerprint density at radius 3 is 1.83 bits per heavy atom. The summed E-state index contributed by atoms with van der Waals surface area (Å²) in [6, 6.07) is 13.7. The minimum Gasteiger partial charge on any atom is -0.490 e. The molecule has 3 rings (SSSR count). The third-order valence-corrected chi connectivity index (χ3v) is 8.80. The molecule has 2 amide bonds. The summed E-state index contributed by atoms with van der Waals surface area (Å²) < 4.78 is 33.3. The number of benzene rings is 2. The number of aryl methyl sites for hydroxylation is 1. The molecule has 316 valence electrons. The molecule has 0 aromatic heterocycles. The first-order chi connectivity index (χ1) is 28.5. The number of esters is 2. The third-order valence-electron chi connectivity index (χ3n) is 8.80. The fourth-order valence-electron chi connectivity index (χ4n) is 6.43. The van der Waals surface area contributed by atoms with Crippen molar-refractivity contribution in [3.63, 3.8) is 0 Å². The van der Waals surface area contributed by atoms with Crippen LogP contribution in [0.4, 0.5) is 9.59 Å². The molecule has 0 spiro atoms. The van der Waals surface area contributed by atoms with E-state index in [1.54, 1.807) is 43.3 Å². The zero-order valence-electron chi connectivity index (χ0n) is 35.2. The van der Waals surface area contributed by atoms with Gasteiger partial charge in [-0.3, -0.25) is 4.79 Å². The molecule has 4 atom stereocenters. The van der Waals surface area contributed by atoms with Gasteiger partial charge in [0.2, 0.25) is 5.78 Å². The number of rotatable bonds is 17. The van der Waals surface area contributed by atoms with Crippen LogP contribution >= 0.6 is 0 Å². The molecule has 0 bridgehead atoms. The highest BCUT2D eigenvalue weighted by Crippen LogP contribution is 2.45. The van der Waals surface area contributed by atoms with Crippen LogP contribution in [0.3, 0.4) is 0 Å². The highest BCUT2D eigenvalue weighted by Gasteiger charge is 2.42. The van der Waals surface area contributed by atoms with Crippen molar-refractivity contribution in [2.75, 3.05) is 33.0 Å².